The first kappa shape index (κ1) is 16.2. The normalized spacial score (nSPS) is 15.1. The lowest BCUT2D eigenvalue weighted by Crippen LogP contribution is -2.44. The second-order valence-electron chi connectivity index (χ2n) is 4.01. The predicted molar refractivity (Wildman–Crippen MR) is 72.3 cm³/mol. The average molecular weight is 268 g/mol. The largest absolute Gasteiger partial charge is 0.329 e. The molecule has 0 rings (SSSR count). The first-order valence-electron chi connectivity index (χ1n) is 5.61. The maximum absolute atomic E-state index is 11.8. The molecule has 0 heterocycles. The highest BCUT2D eigenvalue weighted by Crippen LogP contribution is 2.29. The van der Waals surface area contributed by atoms with Gasteiger partial charge < -0.3 is 5.73 Å². The molecule has 0 spiro atoms. The fourth-order valence-corrected chi connectivity index (χ4v) is 3.26. The molecule has 0 aromatic heterocycles. The summed E-state index contributed by atoms with van der Waals surface area (Å²) in [6.45, 7) is 6.43. The van der Waals surface area contributed by atoms with E-state index in [4.69, 9.17) is 5.73 Å². The minimum Gasteiger partial charge on any atom is -0.329 e. The number of thioether (sulfide) groups is 1. The summed E-state index contributed by atoms with van der Waals surface area (Å²) in [5, 5.41) is -0.527. The van der Waals surface area contributed by atoms with Crippen molar-refractivity contribution >= 4 is 21.8 Å². The Morgan fingerprint density at radius 3 is 2.19 bits per heavy atom. The monoisotopic (exact) mass is 268 g/mol. The van der Waals surface area contributed by atoms with E-state index in [1.807, 2.05) is 6.26 Å². The van der Waals surface area contributed by atoms with Crippen molar-refractivity contribution in [3.05, 3.63) is 0 Å². The molecule has 0 saturated heterocycles. The van der Waals surface area contributed by atoms with E-state index < -0.39 is 15.3 Å². The molecule has 0 bridgehead atoms. The first-order chi connectivity index (χ1) is 7.37. The van der Waals surface area contributed by atoms with Crippen molar-refractivity contribution in [3.8, 4) is 0 Å². The summed E-state index contributed by atoms with van der Waals surface area (Å²) in [7, 11) is -3.26. The standard InChI is InChI=1S/C10H24N2O2S2/c1-5-10(6-2,15-4)8-12-16(13,14)9(3)7-11/h9,12H,5-8,11H2,1-4H3. The van der Waals surface area contributed by atoms with Crippen LogP contribution in [0.3, 0.4) is 0 Å². The average Bonchev–Trinajstić information content (AvgIpc) is 2.30. The van der Waals surface area contributed by atoms with Crippen molar-refractivity contribution in [2.24, 2.45) is 5.73 Å². The lowest BCUT2D eigenvalue weighted by Gasteiger charge is -2.30. The summed E-state index contributed by atoms with van der Waals surface area (Å²) in [5.41, 5.74) is 5.37. The van der Waals surface area contributed by atoms with E-state index in [2.05, 4.69) is 18.6 Å². The molecule has 16 heavy (non-hydrogen) atoms. The van der Waals surface area contributed by atoms with Crippen LogP contribution in [-0.2, 0) is 10.0 Å². The molecular weight excluding hydrogens is 244 g/mol. The summed E-state index contributed by atoms with van der Waals surface area (Å²) in [6, 6.07) is 0. The van der Waals surface area contributed by atoms with Crippen LogP contribution >= 0.6 is 11.8 Å². The topological polar surface area (TPSA) is 72.2 Å². The molecule has 1 atom stereocenters. The Kier molecular flexibility index (Phi) is 6.93. The Bertz CT molecular complexity index is 279. The highest BCUT2D eigenvalue weighted by atomic mass is 32.2. The Hall–Kier alpha value is 0.220. The Morgan fingerprint density at radius 2 is 1.88 bits per heavy atom. The van der Waals surface area contributed by atoms with Crippen LogP contribution in [0.5, 0.6) is 0 Å². The van der Waals surface area contributed by atoms with E-state index in [9.17, 15) is 8.42 Å². The van der Waals surface area contributed by atoms with Crippen molar-refractivity contribution in [1.82, 2.24) is 4.72 Å². The number of rotatable bonds is 8. The van der Waals surface area contributed by atoms with Gasteiger partial charge in [0.25, 0.3) is 0 Å². The predicted octanol–water partition coefficient (Wildman–Crippen LogP) is 1.17. The molecule has 98 valence electrons. The van der Waals surface area contributed by atoms with E-state index in [1.54, 1.807) is 18.7 Å². The Morgan fingerprint density at radius 1 is 1.38 bits per heavy atom. The van der Waals surface area contributed by atoms with Gasteiger partial charge in [-0.15, -0.1) is 0 Å². The van der Waals surface area contributed by atoms with Gasteiger partial charge in [-0.25, -0.2) is 13.1 Å². The zero-order valence-corrected chi connectivity index (χ0v) is 12.2. The Balaban J connectivity index is 4.54. The van der Waals surface area contributed by atoms with Crippen LogP contribution in [0.25, 0.3) is 0 Å². The van der Waals surface area contributed by atoms with Gasteiger partial charge in [-0.1, -0.05) is 13.8 Å². The van der Waals surface area contributed by atoms with Gasteiger partial charge in [0.15, 0.2) is 0 Å². The van der Waals surface area contributed by atoms with Crippen molar-refractivity contribution < 1.29 is 8.42 Å². The van der Waals surface area contributed by atoms with E-state index in [0.29, 0.717) is 6.54 Å². The van der Waals surface area contributed by atoms with Gasteiger partial charge >= 0.3 is 0 Å². The van der Waals surface area contributed by atoms with E-state index in [0.717, 1.165) is 12.8 Å². The number of nitrogens with two attached hydrogens (primary N) is 1. The maximum Gasteiger partial charge on any atom is 0.215 e. The molecule has 0 radical (unpaired) electrons. The fraction of sp³-hybridized carbons (Fsp3) is 1.00. The van der Waals surface area contributed by atoms with Crippen LogP contribution in [0.15, 0.2) is 0 Å². The maximum atomic E-state index is 11.8. The highest BCUT2D eigenvalue weighted by Gasteiger charge is 2.28. The van der Waals surface area contributed by atoms with Gasteiger partial charge in [-0.3, -0.25) is 0 Å². The van der Waals surface area contributed by atoms with E-state index in [-0.39, 0.29) is 11.3 Å². The molecule has 4 nitrogen and oxygen atoms in total. The third kappa shape index (κ3) is 4.24. The molecule has 0 aliphatic heterocycles. The summed E-state index contributed by atoms with van der Waals surface area (Å²) in [4.78, 5) is 0. The third-order valence-electron chi connectivity index (χ3n) is 3.18. The van der Waals surface area contributed by atoms with Crippen LogP contribution in [0.2, 0.25) is 0 Å². The van der Waals surface area contributed by atoms with Crippen molar-refractivity contribution in [2.75, 3.05) is 19.3 Å². The lowest BCUT2D eigenvalue weighted by atomic mass is 10.0. The number of hydrogen-bond donors (Lipinski definition) is 2. The SMILES string of the molecule is CCC(CC)(CNS(=O)(=O)C(C)CN)SC. The second-order valence-corrected chi connectivity index (χ2v) is 7.46. The molecule has 0 aromatic carbocycles. The molecule has 0 aliphatic carbocycles. The zero-order chi connectivity index (χ0) is 12.8. The van der Waals surface area contributed by atoms with Gasteiger partial charge in [-0.05, 0) is 26.0 Å². The smallest absolute Gasteiger partial charge is 0.215 e. The molecule has 0 aliphatic rings. The van der Waals surface area contributed by atoms with Gasteiger partial charge in [0, 0.05) is 17.8 Å². The fourth-order valence-electron chi connectivity index (χ4n) is 1.36. The van der Waals surface area contributed by atoms with Gasteiger partial charge in [0.05, 0.1) is 5.25 Å². The molecule has 0 aromatic rings. The summed E-state index contributed by atoms with van der Waals surface area (Å²) < 4.78 is 26.2. The molecule has 0 saturated carbocycles. The zero-order valence-electron chi connectivity index (χ0n) is 10.6. The number of hydrogen-bond acceptors (Lipinski definition) is 4. The van der Waals surface area contributed by atoms with Crippen LogP contribution in [0.4, 0.5) is 0 Å². The molecule has 1 unspecified atom stereocenters. The Labute approximate surface area is 104 Å². The molecule has 0 amide bonds. The van der Waals surface area contributed by atoms with E-state index >= 15 is 0 Å². The van der Waals surface area contributed by atoms with Crippen molar-refractivity contribution in [1.29, 1.82) is 0 Å². The number of sulfonamides is 1. The van der Waals surface area contributed by atoms with Crippen LogP contribution in [0.1, 0.15) is 33.6 Å². The minimum absolute atomic E-state index is 0.00138. The summed E-state index contributed by atoms with van der Waals surface area (Å²) in [5.74, 6) is 0. The molecule has 3 N–H and O–H groups in total. The van der Waals surface area contributed by atoms with Crippen LogP contribution < -0.4 is 10.5 Å². The van der Waals surface area contributed by atoms with Gasteiger partial charge in [0.1, 0.15) is 0 Å². The van der Waals surface area contributed by atoms with Crippen LogP contribution in [0, 0.1) is 0 Å². The van der Waals surface area contributed by atoms with Gasteiger partial charge in [0.2, 0.25) is 10.0 Å². The van der Waals surface area contributed by atoms with Crippen molar-refractivity contribution in [3.63, 3.8) is 0 Å². The van der Waals surface area contributed by atoms with Crippen molar-refractivity contribution in [2.45, 2.75) is 43.6 Å². The molecular formula is C10H24N2O2S2. The highest BCUT2D eigenvalue weighted by molar-refractivity contribution is 8.00. The summed E-state index contributed by atoms with van der Waals surface area (Å²) in [6.07, 6.45) is 3.92. The second kappa shape index (κ2) is 6.83. The number of nitrogens with one attached hydrogen (secondary N) is 1. The van der Waals surface area contributed by atoms with Gasteiger partial charge in [-0.2, -0.15) is 11.8 Å². The minimum atomic E-state index is -3.26. The lowest BCUT2D eigenvalue weighted by molar-refractivity contribution is 0.517. The van der Waals surface area contributed by atoms with Crippen LogP contribution in [-0.4, -0.2) is 37.8 Å². The first-order valence-corrected chi connectivity index (χ1v) is 8.38. The molecule has 0 fully saturated rings. The summed E-state index contributed by atoms with van der Waals surface area (Å²) >= 11 is 1.72. The van der Waals surface area contributed by atoms with E-state index in [1.165, 1.54) is 0 Å². The third-order valence-corrected chi connectivity index (χ3v) is 6.57. The quantitative estimate of drug-likeness (QED) is 0.693. The molecule has 6 heteroatoms.